The first-order valence-electron chi connectivity index (χ1n) is 7.03. The van der Waals surface area contributed by atoms with Crippen LogP contribution in [0.4, 0.5) is 0 Å². The van der Waals surface area contributed by atoms with Crippen molar-refractivity contribution < 1.29 is 9.53 Å². The van der Waals surface area contributed by atoms with Gasteiger partial charge in [0, 0.05) is 56.4 Å². The van der Waals surface area contributed by atoms with Gasteiger partial charge in [-0.3, -0.25) is 4.79 Å². The molecule has 0 spiro atoms. The average molecular weight is 306 g/mol. The van der Waals surface area contributed by atoms with E-state index in [0.29, 0.717) is 12.4 Å². The Hall–Kier alpha value is -1.46. The van der Waals surface area contributed by atoms with Crippen LogP contribution in [-0.2, 0) is 16.6 Å². The van der Waals surface area contributed by atoms with Crippen LogP contribution < -0.4 is 0 Å². The summed E-state index contributed by atoms with van der Waals surface area (Å²) in [7, 11) is 5.56. The molecule has 0 N–H and O–H groups in total. The summed E-state index contributed by atoms with van der Waals surface area (Å²) in [6.45, 7) is 1.43. The fourth-order valence-corrected chi connectivity index (χ4v) is 3.30. The van der Waals surface area contributed by atoms with Crippen LogP contribution in [0.25, 0.3) is 10.9 Å². The Balaban J connectivity index is 1.94. The number of amides is 1. The number of fused-ring (bicyclic) bond motifs is 1. The number of para-hydroxylation sites is 1. The third kappa shape index (κ3) is 4.02. The molecule has 0 bridgehead atoms. The zero-order chi connectivity index (χ0) is 15.2. The van der Waals surface area contributed by atoms with Gasteiger partial charge in [-0.15, -0.1) is 11.8 Å². The molecule has 0 saturated heterocycles. The Morgan fingerprint density at radius 1 is 1.38 bits per heavy atom. The molecule has 0 saturated carbocycles. The average Bonchev–Trinajstić information content (AvgIpc) is 2.82. The number of nitrogens with zero attached hydrogens (tertiary/aromatic N) is 2. The molecule has 4 nitrogen and oxygen atoms in total. The Labute approximate surface area is 130 Å². The minimum absolute atomic E-state index is 0.157. The maximum absolute atomic E-state index is 12.1. The zero-order valence-electron chi connectivity index (χ0n) is 12.8. The maximum Gasteiger partial charge on any atom is 0.232 e. The molecule has 1 amide bonds. The number of carbonyl (C=O) groups excluding carboxylic acids is 1. The second-order valence-corrected chi connectivity index (χ2v) is 6.09. The predicted octanol–water partition coefficient (Wildman–Crippen LogP) is 2.77. The van der Waals surface area contributed by atoms with Crippen LogP contribution in [0.1, 0.15) is 6.42 Å². The normalized spacial score (nSPS) is 11.0. The van der Waals surface area contributed by atoms with Gasteiger partial charge < -0.3 is 14.2 Å². The van der Waals surface area contributed by atoms with Crippen LogP contribution in [0, 0.1) is 0 Å². The van der Waals surface area contributed by atoms with E-state index >= 15 is 0 Å². The van der Waals surface area contributed by atoms with Gasteiger partial charge in [0.05, 0.1) is 5.75 Å². The smallest absolute Gasteiger partial charge is 0.232 e. The SMILES string of the molecule is COCCCN(C)C(=O)CSc1cn(C)c2ccccc12. The van der Waals surface area contributed by atoms with Crippen molar-refractivity contribution in [3.8, 4) is 0 Å². The van der Waals surface area contributed by atoms with Crippen LogP contribution in [0.5, 0.6) is 0 Å². The molecule has 0 unspecified atom stereocenters. The number of methoxy groups -OCH3 is 1. The van der Waals surface area contributed by atoms with Crippen molar-refractivity contribution >= 4 is 28.6 Å². The molecule has 2 aromatic rings. The number of hydrogen-bond acceptors (Lipinski definition) is 3. The van der Waals surface area contributed by atoms with E-state index in [1.54, 1.807) is 23.8 Å². The molecule has 0 atom stereocenters. The molecule has 2 rings (SSSR count). The van der Waals surface area contributed by atoms with E-state index in [9.17, 15) is 4.79 Å². The van der Waals surface area contributed by atoms with E-state index in [1.165, 1.54) is 10.9 Å². The molecule has 0 aliphatic rings. The summed E-state index contributed by atoms with van der Waals surface area (Å²) in [5.41, 5.74) is 1.20. The number of aryl methyl sites for hydroxylation is 1. The highest BCUT2D eigenvalue weighted by Crippen LogP contribution is 2.29. The summed E-state index contributed by atoms with van der Waals surface area (Å²) in [6, 6.07) is 8.26. The number of ether oxygens (including phenoxy) is 1. The van der Waals surface area contributed by atoms with Crippen molar-refractivity contribution in [3.05, 3.63) is 30.5 Å². The van der Waals surface area contributed by atoms with Crippen molar-refractivity contribution in [1.82, 2.24) is 9.47 Å². The summed E-state index contributed by atoms with van der Waals surface area (Å²) >= 11 is 1.60. The number of benzene rings is 1. The molecule has 1 heterocycles. The summed E-state index contributed by atoms with van der Waals surface area (Å²) in [6.07, 6.45) is 2.96. The van der Waals surface area contributed by atoms with Crippen molar-refractivity contribution in [1.29, 1.82) is 0 Å². The first-order valence-corrected chi connectivity index (χ1v) is 8.02. The number of thioether (sulfide) groups is 1. The van der Waals surface area contributed by atoms with E-state index in [4.69, 9.17) is 4.74 Å². The number of aromatic nitrogens is 1. The standard InChI is InChI=1S/C16H22N2O2S/c1-17(9-6-10-20-3)16(19)12-21-15-11-18(2)14-8-5-4-7-13(14)15/h4-5,7-8,11H,6,9-10,12H2,1-3H3. The van der Waals surface area contributed by atoms with Crippen LogP contribution in [0.15, 0.2) is 35.4 Å². The van der Waals surface area contributed by atoms with Gasteiger partial charge in [-0.1, -0.05) is 18.2 Å². The molecule has 21 heavy (non-hydrogen) atoms. The van der Waals surface area contributed by atoms with Crippen LogP contribution in [0.3, 0.4) is 0 Å². The third-order valence-electron chi connectivity index (χ3n) is 3.48. The van der Waals surface area contributed by atoms with Crippen molar-refractivity contribution in [2.24, 2.45) is 7.05 Å². The first-order chi connectivity index (χ1) is 10.1. The first kappa shape index (κ1) is 15.9. The Morgan fingerprint density at radius 3 is 2.90 bits per heavy atom. The van der Waals surface area contributed by atoms with Gasteiger partial charge in [0.2, 0.25) is 5.91 Å². The highest BCUT2D eigenvalue weighted by Gasteiger charge is 2.12. The lowest BCUT2D eigenvalue weighted by atomic mass is 10.2. The topological polar surface area (TPSA) is 34.5 Å². The lowest BCUT2D eigenvalue weighted by Gasteiger charge is -2.16. The molecule has 0 aliphatic heterocycles. The minimum Gasteiger partial charge on any atom is -0.385 e. The summed E-state index contributed by atoms with van der Waals surface area (Å²) in [4.78, 5) is 15.0. The van der Waals surface area contributed by atoms with Gasteiger partial charge in [-0.2, -0.15) is 0 Å². The lowest BCUT2D eigenvalue weighted by molar-refractivity contribution is -0.127. The molecule has 0 aliphatic carbocycles. The molecule has 5 heteroatoms. The third-order valence-corrected chi connectivity index (χ3v) is 4.51. The van der Waals surface area contributed by atoms with Crippen molar-refractivity contribution in [2.75, 3.05) is 33.1 Å². The highest BCUT2D eigenvalue weighted by atomic mass is 32.2. The van der Waals surface area contributed by atoms with Crippen LogP contribution in [-0.4, -0.2) is 48.4 Å². The van der Waals surface area contributed by atoms with E-state index in [0.717, 1.165) is 17.9 Å². The van der Waals surface area contributed by atoms with E-state index in [-0.39, 0.29) is 5.91 Å². The van der Waals surface area contributed by atoms with Gasteiger partial charge in [0.15, 0.2) is 0 Å². The summed E-state index contributed by atoms with van der Waals surface area (Å²) in [5, 5.41) is 1.21. The van der Waals surface area contributed by atoms with Gasteiger partial charge in [-0.25, -0.2) is 0 Å². The zero-order valence-corrected chi connectivity index (χ0v) is 13.7. The van der Waals surface area contributed by atoms with Crippen molar-refractivity contribution in [2.45, 2.75) is 11.3 Å². The van der Waals surface area contributed by atoms with E-state index < -0.39 is 0 Å². The fourth-order valence-electron chi connectivity index (χ4n) is 2.24. The largest absolute Gasteiger partial charge is 0.385 e. The maximum atomic E-state index is 12.1. The molecular weight excluding hydrogens is 284 g/mol. The predicted molar refractivity (Wildman–Crippen MR) is 87.8 cm³/mol. The molecule has 114 valence electrons. The molecule has 1 aromatic carbocycles. The Bertz CT molecular complexity index is 609. The number of hydrogen-bond donors (Lipinski definition) is 0. The second kappa shape index (κ2) is 7.52. The molecular formula is C16H22N2O2S. The van der Waals surface area contributed by atoms with Gasteiger partial charge in [0.1, 0.15) is 0 Å². The van der Waals surface area contributed by atoms with Gasteiger partial charge in [-0.05, 0) is 12.5 Å². The number of carbonyl (C=O) groups is 1. The van der Waals surface area contributed by atoms with Crippen LogP contribution in [0.2, 0.25) is 0 Å². The number of rotatable bonds is 7. The lowest BCUT2D eigenvalue weighted by Crippen LogP contribution is -2.29. The second-order valence-electron chi connectivity index (χ2n) is 5.07. The van der Waals surface area contributed by atoms with Crippen LogP contribution >= 0.6 is 11.8 Å². The van der Waals surface area contributed by atoms with E-state index in [1.807, 2.05) is 26.2 Å². The van der Waals surface area contributed by atoms with Gasteiger partial charge >= 0.3 is 0 Å². The van der Waals surface area contributed by atoms with Gasteiger partial charge in [0.25, 0.3) is 0 Å². The summed E-state index contributed by atoms with van der Waals surface area (Å²) in [5.74, 6) is 0.626. The molecule has 1 aromatic heterocycles. The quantitative estimate of drug-likeness (QED) is 0.583. The van der Waals surface area contributed by atoms with E-state index in [2.05, 4.69) is 22.9 Å². The Kier molecular flexibility index (Phi) is 5.70. The monoisotopic (exact) mass is 306 g/mol. The highest BCUT2D eigenvalue weighted by molar-refractivity contribution is 8.00. The Morgan fingerprint density at radius 2 is 2.14 bits per heavy atom. The molecule has 0 radical (unpaired) electrons. The fraction of sp³-hybridized carbons (Fsp3) is 0.438. The molecule has 0 fully saturated rings. The minimum atomic E-state index is 0.157. The summed E-state index contributed by atoms with van der Waals surface area (Å²) < 4.78 is 7.11. The van der Waals surface area contributed by atoms with Crippen molar-refractivity contribution in [3.63, 3.8) is 0 Å².